The summed E-state index contributed by atoms with van der Waals surface area (Å²) in [6.45, 7) is 15.9. The minimum atomic E-state index is 0. The van der Waals surface area contributed by atoms with Crippen molar-refractivity contribution < 1.29 is 43.7 Å². The predicted octanol–water partition coefficient (Wildman–Crippen LogP) is 5.74. The largest absolute Gasteiger partial charge is 0 e. The molecule has 0 saturated heterocycles. The maximum absolute atomic E-state index is 7.50. The van der Waals surface area contributed by atoms with E-state index in [1.807, 2.05) is 36.4 Å². The molecule has 2 aromatic heterocycles. The van der Waals surface area contributed by atoms with Crippen molar-refractivity contribution in [1.82, 2.24) is 14.9 Å². The van der Waals surface area contributed by atoms with Crippen molar-refractivity contribution >= 4 is 33.8 Å². The Labute approximate surface area is 262 Å². The predicted molar refractivity (Wildman–Crippen MR) is 152 cm³/mol. The van der Waals surface area contributed by atoms with Crippen molar-refractivity contribution in [3.63, 3.8) is 0 Å². The molecule has 0 saturated carbocycles. The molecule has 5 rings (SSSR count). The molecular weight excluding hydrogens is 727 g/mol. The number of hydrogen-bond acceptors (Lipinski definition) is 7. The van der Waals surface area contributed by atoms with Crippen LogP contribution < -0.4 is 5.90 Å². The van der Waals surface area contributed by atoms with Gasteiger partial charge in [0.1, 0.15) is 0 Å². The smallest absolute Gasteiger partial charge is 0 e. The second kappa shape index (κ2) is 21.3. The summed E-state index contributed by atoms with van der Waals surface area (Å²) >= 11 is 1.08. The minimum Gasteiger partial charge on any atom is 0 e. The zero-order chi connectivity index (χ0) is 29.9. The van der Waals surface area contributed by atoms with E-state index in [0.29, 0.717) is 0 Å². The van der Waals surface area contributed by atoms with Gasteiger partial charge in [0.15, 0.2) is 0 Å². The fraction of sp³-hybridized carbons (Fsp3) is 0.129. The first-order valence-electron chi connectivity index (χ1n) is 12.1. The van der Waals surface area contributed by atoms with E-state index in [4.69, 9.17) is 34.2 Å². The molecule has 0 unspecified atom stereocenters. The van der Waals surface area contributed by atoms with Crippen LogP contribution in [0.25, 0.3) is 21.8 Å². The fourth-order valence-electron chi connectivity index (χ4n) is 4.12. The molecular formula is C31H26N4O5ReS. The maximum Gasteiger partial charge on any atom is 0 e. The Balaban J connectivity index is 0.00000119. The summed E-state index contributed by atoms with van der Waals surface area (Å²) in [4.78, 5) is 17.3. The number of aromatic nitrogens is 2. The van der Waals surface area contributed by atoms with Crippen LogP contribution in [-0.4, -0.2) is 21.4 Å². The Bertz CT molecular complexity index is 1470. The van der Waals surface area contributed by atoms with Crippen LogP contribution in [0.15, 0.2) is 102 Å². The van der Waals surface area contributed by atoms with Crippen molar-refractivity contribution in [2.24, 2.45) is 5.90 Å². The molecule has 0 aliphatic rings. The van der Waals surface area contributed by atoms with Gasteiger partial charge in [0.2, 0.25) is 0 Å². The molecule has 0 spiro atoms. The van der Waals surface area contributed by atoms with Crippen molar-refractivity contribution in [3.05, 3.63) is 134 Å². The van der Waals surface area contributed by atoms with Crippen molar-refractivity contribution in [2.45, 2.75) is 24.4 Å². The summed E-state index contributed by atoms with van der Waals surface area (Å²) in [5, 5.41) is 2.31. The van der Waals surface area contributed by atoms with Gasteiger partial charge < -0.3 is 0 Å². The molecule has 42 heavy (non-hydrogen) atoms. The molecule has 9 nitrogen and oxygen atoms in total. The van der Waals surface area contributed by atoms with Gasteiger partial charge >= 0.3 is 33.9 Å². The van der Waals surface area contributed by atoms with Crippen molar-refractivity contribution in [3.8, 4) is 0 Å². The third-order valence-corrected chi connectivity index (χ3v) is 6.50. The number of para-hydroxylation sites is 2. The Morgan fingerprint density at radius 1 is 0.667 bits per heavy atom. The zero-order valence-electron chi connectivity index (χ0n) is 22.3. The van der Waals surface area contributed by atoms with E-state index in [0.717, 1.165) is 76.2 Å². The van der Waals surface area contributed by atoms with E-state index in [1.54, 1.807) is 0 Å². The summed E-state index contributed by atoms with van der Waals surface area (Å²) in [5.74, 6) is 4.92. The monoisotopic (exact) mass is 753 g/mol. The zero-order valence-corrected chi connectivity index (χ0v) is 25.8. The third-order valence-electron chi connectivity index (χ3n) is 5.89. The maximum atomic E-state index is 7.50. The Morgan fingerprint density at radius 2 is 1.14 bits per heavy atom. The van der Waals surface area contributed by atoms with Gasteiger partial charge in [-0.15, -0.1) is 9.32 Å². The standard InChI is InChI=1S/C28H26N4O2S.3CO.Re/c29-33-34-35-26-15-9-21(10-16-26)17-18-32(19-24-13-11-22-5-1-3-7-27(22)30-24)20-25-14-12-23-6-2-4-8-28(23)31-25;3*1-2;/h1-16H,17-20,29H2;;;;. The average Bonchev–Trinajstić information content (AvgIpc) is 3.06. The van der Waals surface area contributed by atoms with Gasteiger partial charge in [-0.25, -0.2) is 0 Å². The fourth-order valence-corrected chi connectivity index (χ4v) is 4.49. The van der Waals surface area contributed by atoms with E-state index >= 15 is 0 Å². The van der Waals surface area contributed by atoms with Gasteiger partial charge in [-0.2, -0.15) is 5.90 Å². The van der Waals surface area contributed by atoms with Gasteiger partial charge in [0, 0.05) is 55.7 Å². The van der Waals surface area contributed by atoms with Crippen LogP contribution in [0.5, 0.6) is 0 Å². The van der Waals surface area contributed by atoms with Crippen molar-refractivity contribution in [2.75, 3.05) is 6.54 Å². The van der Waals surface area contributed by atoms with Crippen LogP contribution in [-0.2, 0) is 63.2 Å². The quantitative estimate of drug-likeness (QED) is 0.0633. The topological polar surface area (TPSA) is 133 Å². The van der Waals surface area contributed by atoms with Gasteiger partial charge in [-0.1, -0.05) is 60.7 Å². The van der Waals surface area contributed by atoms with Crippen LogP contribution in [0.3, 0.4) is 0 Å². The van der Waals surface area contributed by atoms with Crippen LogP contribution in [0.2, 0.25) is 0 Å². The van der Waals surface area contributed by atoms with Gasteiger partial charge in [-0.3, -0.25) is 14.9 Å². The molecule has 2 N–H and O–H groups in total. The number of nitrogens with zero attached hydrogens (tertiary/aromatic N) is 3. The van der Waals surface area contributed by atoms with E-state index in [-0.39, 0.29) is 20.4 Å². The van der Waals surface area contributed by atoms with E-state index in [2.05, 4.69) is 90.5 Å². The third kappa shape index (κ3) is 11.4. The van der Waals surface area contributed by atoms with Gasteiger partial charge in [0.05, 0.1) is 34.5 Å². The first-order valence-corrected chi connectivity index (χ1v) is 12.8. The summed E-state index contributed by atoms with van der Waals surface area (Å²) < 4.78 is 27.2. The second-order valence-corrected chi connectivity index (χ2v) is 9.12. The van der Waals surface area contributed by atoms with Crippen LogP contribution in [0, 0.1) is 20.0 Å². The first-order chi connectivity index (χ1) is 20.3. The molecule has 11 heteroatoms. The van der Waals surface area contributed by atoms with Gasteiger partial charge in [0.25, 0.3) is 0 Å². The summed E-state index contributed by atoms with van der Waals surface area (Å²) in [6, 6.07) is 33.2. The average molecular weight is 753 g/mol. The number of hydrogen-bond donors (Lipinski definition) is 1. The van der Waals surface area contributed by atoms with Crippen LogP contribution in [0.4, 0.5) is 0 Å². The Kier molecular flexibility index (Phi) is 18.5. The van der Waals surface area contributed by atoms with E-state index in [9.17, 15) is 0 Å². The normalized spacial score (nSPS) is 9.71. The first kappa shape index (κ1) is 36.6. The molecule has 213 valence electrons. The van der Waals surface area contributed by atoms with Crippen molar-refractivity contribution in [1.29, 1.82) is 0 Å². The molecule has 1 radical (unpaired) electrons. The Morgan fingerprint density at radius 3 is 1.62 bits per heavy atom. The van der Waals surface area contributed by atoms with Crippen LogP contribution in [0.1, 0.15) is 17.0 Å². The number of fused-ring (bicyclic) bond motifs is 2. The summed E-state index contributed by atoms with van der Waals surface area (Å²) in [5.41, 5.74) is 5.38. The molecule has 0 aliphatic carbocycles. The number of pyridine rings is 2. The summed E-state index contributed by atoms with van der Waals surface area (Å²) in [7, 11) is 0. The molecule has 0 aliphatic heterocycles. The number of benzene rings is 3. The SMILES string of the molecule is NOOSc1ccc(CCN(Cc2ccc3ccccc3n2)Cc2ccc3ccccc3n2)cc1.[C-]#[O+].[C-]#[O+].[C-]#[O+].[Re]. The molecule has 0 atom stereocenters. The van der Waals surface area contributed by atoms with E-state index < -0.39 is 0 Å². The molecule has 2 heterocycles. The van der Waals surface area contributed by atoms with Crippen LogP contribution >= 0.6 is 12.0 Å². The molecule has 0 fully saturated rings. The minimum absolute atomic E-state index is 0. The molecule has 0 bridgehead atoms. The Hall–Kier alpha value is -3.45. The second-order valence-electron chi connectivity index (χ2n) is 8.34. The van der Waals surface area contributed by atoms with E-state index in [1.165, 1.54) is 5.56 Å². The molecule has 3 aromatic carbocycles. The molecule has 0 amide bonds. The number of rotatable bonds is 10. The summed E-state index contributed by atoms with van der Waals surface area (Å²) in [6.07, 6.45) is 0.903. The molecule has 5 aromatic rings. The van der Waals surface area contributed by atoms with Gasteiger partial charge in [-0.05, 0) is 48.4 Å². The number of nitrogens with two attached hydrogens (primary N) is 1.